The highest BCUT2D eigenvalue weighted by molar-refractivity contribution is 5.91. The first-order chi connectivity index (χ1) is 7.78. The average molecular weight is 220 g/mol. The number of rotatable bonds is 0. The maximum absolute atomic E-state index is 12.9. The SMILES string of the molecule is O=C1C2(CCCCC2)CCCC12CCCC2. The second kappa shape index (κ2) is 3.85. The zero-order valence-corrected chi connectivity index (χ0v) is 10.4. The molecule has 0 saturated heterocycles. The standard InChI is InChI=1S/C15H24O/c16-13-14(7-2-1-3-8-14)11-6-12-15(13)9-4-5-10-15/h1-12H2. The second-order valence-electron chi connectivity index (χ2n) is 6.51. The van der Waals surface area contributed by atoms with E-state index in [0.717, 1.165) is 0 Å². The second-order valence-corrected chi connectivity index (χ2v) is 6.51. The molecule has 0 atom stereocenters. The van der Waals surface area contributed by atoms with Gasteiger partial charge >= 0.3 is 0 Å². The van der Waals surface area contributed by atoms with Crippen LogP contribution in [0.1, 0.15) is 77.0 Å². The summed E-state index contributed by atoms with van der Waals surface area (Å²) in [5.41, 5.74) is 0.316. The van der Waals surface area contributed by atoms with E-state index in [1.807, 2.05) is 0 Å². The van der Waals surface area contributed by atoms with Gasteiger partial charge in [0.15, 0.2) is 0 Å². The summed E-state index contributed by atoms with van der Waals surface area (Å²) in [4.78, 5) is 12.9. The normalized spacial score (nSPS) is 32.4. The Morgan fingerprint density at radius 3 is 1.44 bits per heavy atom. The van der Waals surface area contributed by atoms with E-state index in [1.54, 1.807) is 0 Å². The van der Waals surface area contributed by atoms with Gasteiger partial charge in [0.2, 0.25) is 0 Å². The minimum absolute atomic E-state index is 0.154. The minimum Gasteiger partial charge on any atom is -0.298 e. The van der Waals surface area contributed by atoms with E-state index in [2.05, 4.69) is 0 Å². The van der Waals surface area contributed by atoms with Gasteiger partial charge in [-0.25, -0.2) is 0 Å². The third-order valence-corrected chi connectivity index (χ3v) is 5.65. The first-order valence-corrected chi connectivity index (χ1v) is 7.33. The van der Waals surface area contributed by atoms with Gasteiger partial charge in [-0.05, 0) is 38.5 Å². The van der Waals surface area contributed by atoms with Gasteiger partial charge < -0.3 is 0 Å². The van der Waals surface area contributed by atoms with Crippen molar-refractivity contribution < 1.29 is 4.79 Å². The van der Waals surface area contributed by atoms with E-state index in [0.29, 0.717) is 5.78 Å². The van der Waals surface area contributed by atoms with Crippen LogP contribution in [0.15, 0.2) is 0 Å². The van der Waals surface area contributed by atoms with Crippen LogP contribution in [0.5, 0.6) is 0 Å². The lowest BCUT2D eigenvalue weighted by Crippen LogP contribution is -2.47. The van der Waals surface area contributed by atoms with Crippen molar-refractivity contribution in [2.24, 2.45) is 10.8 Å². The van der Waals surface area contributed by atoms with E-state index < -0.39 is 0 Å². The van der Waals surface area contributed by atoms with Crippen molar-refractivity contribution in [1.29, 1.82) is 0 Å². The smallest absolute Gasteiger partial charge is 0.145 e. The van der Waals surface area contributed by atoms with Crippen molar-refractivity contribution in [2.75, 3.05) is 0 Å². The predicted molar refractivity (Wildman–Crippen MR) is 65.3 cm³/mol. The van der Waals surface area contributed by atoms with Crippen LogP contribution in [-0.2, 0) is 4.79 Å². The fourth-order valence-corrected chi connectivity index (χ4v) is 4.79. The van der Waals surface area contributed by atoms with E-state index in [4.69, 9.17) is 0 Å². The molecule has 0 aromatic carbocycles. The van der Waals surface area contributed by atoms with Gasteiger partial charge in [-0.15, -0.1) is 0 Å². The Balaban J connectivity index is 1.87. The van der Waals surface area contributed by atoms with Crippen molar-refractivity contribution in [2.45, 2.75) is 77.0 Å². The van der Waals surface area contributed by atoms with Gasteiger partial charge in [0.05, 0.1) is 0 Å². The molecule has 0 N–H and O–H groups in total. The maximum atomic E-state index is 12.9. The molecule has 0 aromatic heterocycles. The highest BCUT2D eigenvalue weighted by Gasteiger charge is 2.53. The summed E-state index contributed by atoms with van der Waals surface area (Å²) >= 11 is 0. The molecule has 90 valence electrons. The molecule has 0 aromatic rings. The Bertz CT molecular complexity index is 274. The lowest BCUT2D eigenvalue weighted by Gasteiger charge is -2.47. The third-order valence-electron chi connectivity index (χ3n) is 5.65. The molecular weight excluding hydrogens is 196 g/mol. The molecule has 3 saturated carbocycles. The van der Waals surface area contributed by atoms with Crippen LogP contribution in [0.3, 0.4) is 0 Å². The van der Waals surface area contributed by atoms with Crippen molar-refractivity contribution in [3.8, 4) is 0 Å². The third kappa shape index (κ3) is 1.47. The Morgan fingerprint density at radius 1 is 0.562 bits per heavy atom. The zero-order chi connectivity index (χ0) is 11.1. The van der Waals surface area contributed by atoms with Crippen molar-refractivity contribution in [3.05, 3.63) is 0 Å². The molecule has 0 heterocycles. The quantitative estimate of drug-likeness (QED) is 0.596. The van der Waals surface area contributed by atoms with Gasteiger partial charge in [0.25, 0.3) is 0 Å². The average Bonchev–Trinajstić information content (AvgIpc) is 2.77. The first kappa shape index (κ1) is 10.8. The van der Waals surface area contributed by atoms with Crippen molar-refractivity contribution in [1.82, 2.24) is 0 Å². The monoisotopic (exact) mass is 220 g/mol. The molecule has 2 spiro atoms. The zero-order valence-electron chi connectivity index (χ0n) is 10.4. The Hall–Kier alpha value is -0.330. The van der Waals surface area contributed by atoms with Crippen LogP contribution in [0.4, 0.5) is 0 Å². The molecule has 0 bridgehead atoms. The molecule has 16 heavy (non-hydrogen) atoms. The van der Waals surface area contributed by atoms with Crippen LogP contribution in [-0.4, -0.2) is 5.78 Å². The molecule has 3 rings (SSSR count). The van der Waals surface area contributed by atoms with Crippen LogP contribution < -0.4 is 0 Å². The van der Waals surface area contributed by atoms with Crippen LogP contribution >= 0.6 is 0 Å². The summed E-state index contributed by atoms with van der Waals surface area (Å²) in [5.74, 6) is 0.712. The fourth-order valence-electron chi connectivity index (χ4n) is 4.79. The van der Waals surface area contributed by atoms with E-state index in [1.165, 1.54) is 77.0 Å². The molecular formula is C15H24O. The van der Waals surface area contributed by atoms with Gasteiger partial charge in [0.1, 0.15) is 5.78 Å². The lowest BCUT2D eigenvalue weighted by molar-refractivity contribution is -0.146. The number of hydrogen-bond donors (Lipinski definition) is 0. The molecule has 0 amide bonds. The van der Waals surface area contributed by atoms with Crippen LogP contribution in [0.2, 0.25) is 0 Å². The van der Waals surface area contributed by atoms with Crippen LogP contribution in [0.25, 0.3) is 0 Å². The number of Topliss-reactive ketones (excluding diaryl/α,β-unsaturated/α-hetero) is 1. The maximum Gasteiger partial charge on any atom is 0.145 e. The Morgan fingerprint density at radius 2 is 0.938 bits per heavy atom. The fraction of sp³-hybridized carbons (Fsp3) is 0.933. The van der Waals surface area contributed by atoms with Gasteiger partial charge in [-0.3, -0.25) is 4.79 Å². The van der Waals surface area contributed by atoms with Crippen LogP contribution in [0, 0.1) is 10.8 Å². The molecule has 0 aliphatic heterocycles. The molecule has 0 radical (unpaired) electrons. The van der Waals surface area contributed by atoms with Crippen molar-refractivity contribution in [3.63, 3.8) is 0 Å². The number of ketones is 1. The molecule has 0 unspecified atom stereocenters. The molecule has 1 heteroatoms. The lowest BCUT2D eigenvalue weighted by atomic mass is 9.56. The Kier molecular flexibility index (Phi) is 2.60. The summed E-state index contributed by atoms with van der Waals surface area (Å²) in [6.07, 6.45) is 15.2. The number of carbonyl (C=O) groups excluding carboxylic acids is 1. The highest BCUT2D eigenvalue weighted by Crippen LogP contribution is 2.56. The highest BCUT2D eigenvalue weighted by atomic mass is 16.1. The Labute approximate surface area is 99.0 Å². The van der Waals surface area contributed by atoms with Gasteiger partial charge in [-0.1, -0.05) is 38.5 Å². The number of hydrogen-bond acceptors (Lipinski definition) is 1. The van der Waals surface area contributed by atoms with E-state index in [9.17, 15) is 4.79 Å². The largest absolute Gasteiger partial charge is 0.298 e. The molecule has 1 nitrogen and oxygen atoms in total. The number of carbonyl (C=O) groups is 1. The summed E-state index contributed by atoms with van der Waals surface area (Å²) in [7, 11) is 0. The summed E-state index contributed by atoms with van der Waals surface area (Å²) in [6, 6.07) is 0. The first-order valence-electron chi connectivity index (χ1n) is 7.33. The van der Waals surface area contributed by atoms with E-state index in [-0.39, 0.29) is 10.8 Å². The molecule has 3 fully saturated rings. The van der Waals surface area contributed by atoms with Gasteiger partial charge in [-0.2, -0.15) is 0 Å². The predicted octanol–water partition coefficient (Wildman–Crippen LogP) is 4.25. The van der Waals surface area contributed by atoms with E-state index >= 15 is 0 Å². The summed E-state index contributed by atoms with van der Waals surface area (Å²) < 4.78 is 0. The minimum atomic E-state index is 0.154. The molecule has 3 aliphatic carbocycles. The van der Waals surface area contributed by atoms with Crippen molar-refractivity contribution >= 4 is 5.78 Å². The summed E-state index contributed by atoms with van der Waals surface area (Å²) in [5, 5.41) is 0. The topological polar surface area (TPSA) is 17.1 Å². The van der Waals surface area contributed by atoms with Gasteiger partial charge in [0, 0.05) is 10.8 Å². The molecule has 3 aliphatic rings. The summed E-state index contributed by atoms with van der Waals surface area (Å²) in [6.45, 7) is 0.